The third kappa shape index (κ3) is 4.56. The van der Waals surface area contributed by atoms with Crippen molar-refractivity contribution in [3.8, 4) is 0 Å². The summed E-state index contributed by atoms with van der Waals surface area (Å²) in [5, 5.41) is 13.8. The van der Waals surface area contributed by atoms with Gasteiger partial charge in [-0.2, -0.15) is 0 Å². The summed E-state index contributed by atoms with van der Waals surface area (Å²) in [6.45, 7) is 8.05. The van der Waals surface area contributed by atoms with Crippen LogP contribution in [0, 0.1) is 0 Å². The van der Waals surface area contributed by atoms with Crippen molar-refractivity contribution in [1.29, 1.82) is 0 Å². The summed E-state index contributed by atoms with van der Waals surface area (Å²) in [4.78, 5) is 27.5. The highest BCUT2D eigenvalue weighted by Crippen LogP contribution is 2.21. The third-order valence-electron chi connectivity index (χ3n) is 4.82. The Balaban J connectivity index is 1.63. The first-order chi connectivity index (χ1) is 13.6. The zero-order valence-corrected chi connectivity index (χ0v) is 16.5. The Bertz CT molecular complexity index is 798. The molecule has 0 bridgehead atoms. The SMILES string of the molecule is CCCN(CCC)CCNC(=O)c1nnn2c1C(=O)NC(c1ccccc1)C2. The molecule has 1 aliphatic rings. The van der Waals surface area contributed by atoms with Crippen LogP contribution in [-0.4, -0.2) is 57.9 Å². The lowest BCUT2D eigenvalue weighted by molar-refractivity contribution is 0.0875. The van der Waals surface area contributed by atoms with Crippen LogP contribution in [0.15, 0.2) is 30.3 Å². The highest BCUT2D eigenvalue weighted by Gasteiger charge is 2.32. The van der Waals surface area contributed by atoms with Gasteiger partial charge in [-0.3, -0.25) is 9.59 Å². The topological polar surface area (TPSA) is 92.2 Å². The van der Waals surface area contributed by atoms with Gasteiger partial charge in [-0.1, -0.05) is 49.4 Å². The second-order valence-electron chi connectivity index (χ2n) is 7.00. The highest BCUT2D eigenvalue weighted by atomic mass is 16.2. The summed E-state index contributed by atoms with van der Waals surface area (Å²) in [7, 11) is 0. The van der Waals surface area contributed by atoms with Crippen molar-refractivity contribution in [2.45, 2.75) is 39.3 Å². The molecule has 8 nitrogen and oxygen atoms in total. The molecule has 150 valence electrons. The maximum Gasteiger partial charge on any atom is 0.274 e. The number of benzene rings is 1. The average molecular weight is 384 g/mol. The lowest BCUT2D eigenvalue weighted by atomic mass is 10.0. The summed E-state index contributed by atoms with van der Waals surface area (Å²) in [5.74, 6) is -0.684. The quantitative estimate of drug-likeness (QED) is 0.685. The first-order valence-corrected chi connectivity index (χ1v) is 9.93. The first-order valence-electron chi connectivity index (χ1n) is 9.93. The van der Waals surface area contributed by atoms with E-state index in [9.17, 15) is 9.59 Å². The largest absolute Gasteiger partial charge is 0.349 e. The zero-order valence-electron chi connectivity index (χ0n) is 16.5. The van der Waals surface area contributed by atoms with Crippen LogP contribution in [0.3, 0.4) is 0 Å². The molecule has 1 aromatic carbocycles. The Morgan fingerprint density at radius 3 is 2.61 bits per heavy atom. The molecule has 2 aromatic rings. The van der Waals surface area contributed by atoms with E-state index >= 15 is 0 Å². The lowest BCUT2D eigenvalue weighted by Crippen LogP contribution is -2.41. The minimum atomic E-state index is -0.359. The van der Waals surface area contributed by atoms with Crippen LogP contribution in [0.4, 0.5) is 0 Å². The normalized spacial score (nSPS) is 16.0. The third-order valence-corrected chi connectivity index (χ3v) is 4.82. The van der Waals surface area contributed by atoms with Gasteiger partial charge < -0.3 is 15.5 Å². The molecule has 2 amide bonds. The molecule has 0 radical (unpaired) electrons. The maximum atomic E-state index is 12.6. The van der Waals surface area contributed by atoms with E-state index in [1.165, 1.54) is 4.68 Å². The van der Waals surface area contributed by atoms with Crippen molar-refractivity contribution in [1.82, 2.24) is 30.5 Å². The van der Waals surface area contributed by atoms with Crippen LogP contribution in [-0.2, 0) is 6.54 Å². The van der Waals surface area contributed by atoms with Gasteiger partial charge in [0.15, 0.2) is 11.4 Å². The van der Waals surface area contributed by atoms with Gasteiger partial charge in [0.1, 0.15) is 0 Å². The van der Waals surface area contributed by atoms with Gasteiger partial charge in [0.25, 0.3) is 11.8 Å². The number of carbonyl (C=O) groups is 2. The lowest BCUT2D eigenvalue weighted by Gasteiger charge is -2.24. The summed E-state index contributed by atoms with van der Waals surface area (Å²) in [5.41, 5.74) is 1.31. The summed E-state index contributed by atoms with van der Waals surface area (Å²) < 4.78 is 1.52. The molecule has 1 unspecified atom stereocenters. The van der Waals surface area contributed by atoms with E-state index < -0.39 is 0 Å². The number of hydrogen-bond acceptors (Lipinski definition) is 5. The van der Waals surface area contributed by atoms with Crippen molar-refractivity contribution in [3.05, 3.63) is 47.3 Å². The average Bonchev–Trinajstić information content (AvgIpc) is 3.14. The fourth-order valence-corrected chi connectivity index (χ4v) is 3.52. The Hall–Kier alpha value is -2.74. The van der Waals surface area contributed by atoms with Gasteiger partial charge in [0, 0.05) is 13.1 Å². The summed E-state index contributed by atoms with van der Waals surface area (Å²) >= 11 is 0. The van der Waals surface area contributed by atoms with Gasteiger partial charge >= 0.3 is 0 Å². The number of amides is 2. The Morgan fingerprint density at radius 1 is 1.21 bits per heavy atom. The predicted molar refractivity (Wildman–Crippen MR) is 106 cm³/mol. The molecule has 1 aromatic heterocycles. The number of nitrogens with zero attached hydrogens (tertiary/aromatic N) is 4. The highest BCUT2D eigenvalue weighted by molar-refractivity contribution is 6.05. The molecule has 8 heteroatoms. The van der Waals surface area contributed by atoms with E-state index in [1.54, 1.807) is 0 Å². The first kappa shape index (κ1) is 20.0. The second kappa shape index (κ2) is 9.45. The molecule has 0 saturated heterocycles. The molecule has 0 fully saturated rings. The van der Waals surface area contributed by atoms with Crippen molar-refractivity contribution < 1.29 is 9.59 Å². The van der Waals surface area contributed by atoms with Crippen molar-refractivity contribution >= 4 is 11.8 Å². The van der Waals surface area contributed by atoms with Crippen molar-refractivity contribution in [2.24, 2.45) is 0 Å². The molecule has 2 N–H and O–H groups in total. The molecule has 2 heterocycles. The van der Waals surface area contributed by atoms with Gasteiger partial charge in [-0.15, -0.1) is 5.10 Å². The number of rotatable bonds is 9. The molecule has 1 atom stereocenters. The molecule has 28 heavy (non-hydrogen) atoms. The fraction of sp³-hybridized carbons (Fsp3) is 0.500. The van der Waals surface area contributed by atoms with Crippen LogP contribution in [0.25, 0.3) is 0 Å². The monoisotopic (exact) mass is 384 g/mol. The van der Waals surface area contributed by atoms with E-state index in [0.717, 1.165) is 38.0 Å². The van der Waals surface area contributed by atoms with E-state index in [2.05, 4.69) is 39.7 Å². The number of nitrogens with one attached hydrogen (secondary N) is 2. The van der Waals surface area contributed by atoms with Crippen LogP contribution in [0.1, 0.15) is 59.3 Å². The molecule has 0 saturated carbocycles. The molecule has 0 spiro atoms. The van der Waals surface area contributed by atoms with Crippen LogP contribution in [0.2, 0.25) is 0 Å². The van der Waals surface area contributed by atoms with Crippen LogP contribution < -0.4 is 10.6 Å². The van der Waals surface area contributed by atoms with Gasteiger partial charge in [-0.25, -0.2) is 4.68 Å². The standard InChI is InChI=1S/C20H28N6O2/c1-3-11-25(12-4-2)13-10-21-19(27)17-18-20(28)22-16(14-26(18)24-23-17)15-8-6-5-7-9-15/h5-9,16H,3-4,10-14H2,1-2H3,(H,21,27)(H,22,28). The zero-order chi connectivity index (χ0) is 19.9. The van der Waals surface area contributed by atoms with Crippen molar-refractivity contribution in [2.75, 3.05) is 26.2 Å². The minimum absolute atomic E-state index is 0.0848. The smallest absolute Gasteiger partial charge is 0.274 e. The van der Waals surface area contributed by atoms with Crippen LogP contribution in [0.5, 0.6) is 0 Å². The number of hydrogen-bond donors (Lipinski definition) is 2. The summed E-state index contributed by atoms with van der Waals surface area (Å²) in [6, 6.07) is 9.52. The number of aromatic nitrogens is 3. The van der Waals surface area contributed by atoms with Crippen LogP contribution >= 0.6 is 0 Å². The van der Waals surface area contributed by atoms with E-state index in [-0.39, 0.29) is 29.2 Å². The fourth-order valence-electron chi connectivity index (χ4n) is 3.52. The molecule has 0 aliphatic carbocycles. The Labute approximate surface area is 165 Å². The van der Waals surface area contributed by atoms with Gasteiger partial charge in [0.05, 0.1) is 12.6 Å². The molecule has 3 rings (SSSR count). The number of carbonyl (C=O) groups excluding carboxylic acids is 2. The summed E-state index contributed by atoms with van der Waals surface area (Å²) in [6.07, 6.45) is 2.16. The number of fused-ring (bicyclic) bond motifs is 1. The van der Waals surface area contributed by atoms with Gasteiger partial charge in [0.2, 0.25) is 0 Å². The Morgan fingerprint density at radius 2 is 1.93 bits per heavy atom. The second-order valence-corrected chi connectivity index (χ2v) is 7.00. The molecular weight excluding hydrogens is 356 g/mol. The van der Waals surface area contributed by atoms with E-state index in [1.807, 2.05) is 30.3 Å². The Kier molecular flexibility index (Phi) is 6.76. The minimum Gasteiger partial charge on any atom is -0.349 e. The van der Waals surface area contributed by atoms with E-state index in [0.29, 0.717) is 13.1 Å². The van der Waals surface area contributed by atoms with Gasteiger partial charge in [-0.05, 0) is 31.5 Å². The predicted octanol–water partition coefficient (Wildman–Crippen LogP) is 1.61. The maximum absolute atomic E-state index is 12.6. The molecule has 1 aliphatic heterocycles. The molecular formula is C20H28N6O2. The van der Waals surface area contributed by atoms with E-state index in [4.69, 9.17) is 0 Å². The van der Waals surface area contributed by atoms with Crippen molar-refractivity contribution in [3.63, 3.8) is 0 Å².